The highest BCUT2D eigenvalue weighted by atomic mass is 79.9. The van der Waals surface area contributed by atoms with E-state index < -0.39 is 0 Å². The summed E-state index contributed by atoms with van der Waals surface area (Å²) in [7, 11) is 0. The normalized spacial score (nSPS) is 12.2. The van der Waals surface area contributed by atoms with E-state index in [2.05, 4.69) is 31.2 Å². The van der Waals surface area contributed by atoms with Gasteiger partial charge in [-0.05, 0) is 41.9 Å². The molecule has 0 bridgehead atoms. The standard InChI is InChI=1S/C12H13BrN4OS/c1-6(14)12-17-9(5-19-12)11(18)16-8-3-4-10(13)15-7(8)2/h3-6H,14H2,1-2H3,(H,16,18). The van der Waals surface area contributed by atoms with Gasteiger partial charge in [-0.3, -0.25) is 4.79 Å². The molecule has 0 aliphatic heterocycles. The van der Waals surface area contributed by atoms with Gasteiger partial charge < -0.3 is 11.1 Å². The number of nitrogens with zero attached hydrogens (tertiary/aromatic N) is 2. The minimum atomic E-state index is -0.254. The summed E-state index contributed by atoms with van der Waals surface area (Å²) in [5.74, 6) is -0.254. The van der Waals surface area contributed by atoms with E-state index in [0.29, 0.717) is 11.4 Å². The molecule has 0 aromatic carbocycles. The predicted octanol–water partition coefficient (Wildman–Crippen LogP) is 2.88. The minimum Gasteiger partial charge on any atom is -0.322 e. The van der Waals surface area contributed by atoms with E-state index in [1.807, 2.05) is 13.8 Å². The first-order valence-electron chi connectivity index (χ1n) is 5.63. The van der Waals surface area contributed by atoms with Crippen LogP contribution in [0.15, 0.2) is 22.1 Å². The molecule has 5 nitrogen and oxygen atoms in total. The quantitative estimate of drug-likeness (QED) is 0.841. The van der Waals surface area contributed by atoms with Crippen molar-refractivity contribution in [1.82, 2.24) is 9.97 Å². The zero-order chi connectivity index (χ0) is 14.0. The van der Waals surface area contributed by atoms with Crippen LogP contribution in [0.1, 0.15) is 34.2 Å². The number of nitrogens with one attached hydrogen (secondary N) is 1. The Hall–Kier alpha value is -1.31. The summed E-state index contributed by atoms with van der Waals surface area (Å²) < 4.78 is 0.732. The predicted molar refractivity (Wildman–Crippen MR) is 79.3 cm³/mol. The lowest BCUT2D eigenvalue weighted by Crippen LogP contribution is -2.14. The Morgan fingerprint density at radius 1 is 1.47 bits per heavy atom. The number of aryl methyl sites for hydroxylation is 1. The topological polar surface area (TPSA) is 80.9 Å². The number of thiazole rings is 1. The Balaban J connectivity index is 2.16. The van der Waals surface area contributed by atoms with Gasteiger partial charge in [-0.2, -0.15) is 0 Å². The molecule has 3 N–H and O–H groups in total. The van der Waals surface area contributed by atoms with Gasteiger partial charge >= 0.3 is 0 Å². The lowest BCUT2D eigenvalue weighted by molar-refractivity contribution is 0.102. The smallest absolute Gasteiger partial charge is 0.275 e. The van der Waals surface area contributed by atoms with Gasteiger partial charge in [-0.15, -0.1) is 11.3 Å². The number of pyridine rings is 1. The van der Waals surface area contributed by atoms with Gasteiger partial charge in [0.15, 0.2) is 0 Å². The fourth-order valence-electron chi connectivity index (χ4n) is 1.45. The molecule has 2 aromatic heterocycles. The molecule has 19 heavy (non-hydrogen) atoms. The molecule has 1 amide bonds. The molecule has 0 aliphatic rings. The van der Waals surface area contributed by atoms with E-state index in [9.17, 15) is 4.79 Å². The third-order valence-corrected chi connectivity index (χ3v) is 3.93. The lowest BCUT2D eigenvalue weighted by atomic mass is 10.3. The summed E-state index contributed by atoms with van der Waals surface area (Å²) in [5, 5.41) is 5.24. The van der Waals surface area contributed by atoms with E-state index in [0.717, 1.165) is 15.3 Å². The van der Waals surface area contributed by atoms with Crippen molar-refractivity contribution < 1.29 is 4.79 Å². The van der Waals surface area contributed by atoms with E-state index >= 15 is 0 Å². The van der Waals surface area contributed by atoms with Crippen molar-refractivity contribution in [3.05, 3.63) is 38.5 Å². The zero-order valence-electron chi connectivity index (χ0n) is 10.5. The maximum Gasteiger partial charge on any atom is 0.275 e. The van der Waals surface area contributed by atoms with Crippen molar-refractivity contribution in [3.63, 3.8) is 0 Å². The third-order valence-electron chi connectivity index (χ3n) is 2.44. The Kier molecular flexibility index (Phi) is 4.28. The summed E-state index contributed by atoms with van der Waals surface area (Å²) in [6.45, 7) is 3.66. The van der Waals surface area contributed by atoms with Crippen molar-refractivity contribution >= 4 is 38.9 Å². The highest BCUT2D eigenvalue weighted by Crippen LogP contribution is 2.19. The monoisotopic (exact) mass is 340 g/mol. The molecule has 0 radical (unpaired) electrons. The molecular formula is C12H13BrN4OS. The van der Waals surface area contributed by atoms with Crippen molar-refractivity contribution in [2.45, 2.75) is 19.9 Å². The summed E-state index contributed by atoms with van der Waals surface area (Å²) in [5.41, 5.74) is 7.51. The number of anilines is 1. The number of nitrogens with two attached hydrogens (primary N) is 1. The lowest BCUT2D eigenvalue weighted by Gasteiger charge is -2.06. The zero-order valence-corrected chi connectivity index (χ0v) is 12.9. The van der Waals surface area contributed by atoms with Crippen LogP contribution in [0.4, 0.5) is 5.69 Å². The third kappa shape index (κ3) is 3.37. The average molecular weight is 341 g/mol. The highest BCUT2D eigenvalue weighted by molar-refractivity contribution is 9.10. The molecule has 7 heteroatoms. The molecule has 0 saturated carbocycles. The van der Waals surface area contributed by atoms with Crippen LogP contribution in [0.5, 0.6) is 0 Å². The van der Waals surface area contributed by atoms with Gasteiger partial charge in [0.2, 0.25) is 0 Å². The Labute approximate surface area is 123 Å². The summed E-state index contributed by atoms with van der Waals surface area (Å²) in [6, 6.07) is 3.41. The van der Waals surface area contributed by atoms with Gasteiger partial charge in [0.1, 0.15) is 15.3 Å². The van der Waals surface area contributed by atoms with Crippen molar-refractivity contribution in [1.29, 1.82) is 0 Å². The largest absolute Gasteiger partial charge is 0.322 e. The van der Waals surface area contributed by atoms with Crippen molar-refractivity contribution in [3.8, 4) is 0 Å². The van der Waals surface area contributed by atoms with E-state index in [1.165, 1.54) is 11.3 Å². The average Bonchev–Trinajstić information content (AvgIpc) is 2.82. The number of carbonyl (C=O) groups excluding carboxylic acids is 1. The van der Waals surface area contributed by atoms with E-state index in [-0.39, 0.29) is 11.9 Å². The number of rotatable bonds is 3. The van der Waals surface area contributed by atoms with Gasteiger partial charge in [-0.1, -0.05) is 0 Å². The first-order valence-corrected chi connectivity index (χ1v) is 7.30. The maximum absolute atomic E-state index is 12.0. The van der Waals surface area contributed by atoms with Crippen LogP contribution >= 0.6 is 27.3 Å². The fourth-order valence-corrected chi connectivity index (χ4v) is 2.61. The molecule has 2 aromatic rings. The van der Waals surface area contributed by atoms with Gasteiger partial charge in [-0.25, -0.2) is 9.97 Å². The number of aromatic nitrogens is 2. The summed E-state index contributed by atoms with van der Waals surface area (Å²) >= 11 is 4.66. The number of hydrogen-bond acceptors (Lipinski definition) is 5. The molecular weight excluding hydrogens is 328 g/mol. The molecule has 0 fully saturated rings. The number of halogens is 1. The second-order valence-electron chi connectivity index (χ2n) is 4.08. The Morgan fingerprint density at radius 2 is 2.21 bits per heavy atom. The molecule has 0 aliphatic carbocycles. The van der Waals surface area contributed by atoms with Crippen LogP contribution < -0.4 is 11.1 Å². The first kappa shape index (κ1) is 14.1. The molecule has 2 rings (SSSR count). The maximum atomic E-state index is 12.0. The molecule has 1 atom stereocenters. The second kappa shape index (κ2) is 5.77. The van der Waals surface area contributed by atoms with Crippen LogP contribution in [0, 0.1) is 6.92 Å². The highest BCUT2D eigenvalue weighted by Gasteiger charge is 2.14. The van der Waals surface area contributed by atoms with E-state index in [4.69, 9.17) is 5.73 Å². The second-order valence-corrected chi connectivity index (χ2v) is 5.78. The van der Waals surface area contributed by atoms with Crippen LogP contribution in [0.25, 0.3) is 0 Å². The molecule has 100 valence electrons. The molecule has 0 spiro atoms. The number of hydrogen-bond donors (Lipinski definition) is 2. The Bertz CT molecular complexity index is 612. The summed E-state index contributed by atoms with van der Waals surface area (Å²) in [6.07, 6.45) is 0. The number of carbonyl (C=O) groups is 1. The van der Waals surface area contributed by atoms with Gasteiger partial charge in [0, 0.05) is 5.38 Å². The number of amides is 1. The SMILES string of the molecule is Cc1nc(Br)ccc1NC(=O)c1csc(C(C)N)n1. The Morgan fingerprint density at radius 3 is 2.79 bits per heavy atom. The fraction of sp³-hybridized carbons (Fsp3) is 0.250. The van der Waals surface area contributed by atoms with Gasteiger partial charge in [0.25, 0.3) is 5.91 Å². The van der Waals surface area contributed by atoms with Crippen molar-refractivity contribution in [2.75, 3.05) is 5.32 Å². The van der Waals surface area contributed by atoms with Crippen LogP contribution in [-0.4, -0.2) is 15.9 Å². The first-order chi connectivity index (χ1) is 8.97. The van der Waals surface area contributed by atoms with Gasteiger partial charge in [0.05, 0.1) is 17.4 Å². The molecule has 0 saturated heterocycles. The van der Waals surface area contributed by atoms with Crippen LogP contribution in [0.2, 0.25) is 0 Å². The molecule has 2 heterocycles. The molecule has 1 unspecified atom stereocenters. The summed E-state index contributed by atoms with van der Waals surface area (Å²) in [4.78, 5) is 20.5. The van der Waals surface area contributed by atoms with Crippen LogP contribution in [-0.2, 0) is 0 Å². The minimum absolute atomic E-state index is 0.164. The van der Waals surface area contributed by atoms with E-state index in [1.54, 1.807) is 17.5 Å². The van der Waals surface area contributed by atoms with Crippen molar-refractivity contribution in [2.24, 2.45) is 5.73 Å². The van der Waals surface area contributed by atoms with Crippen LogP contribution in [0.3, 0.4) is 0 Å².